The second-order valence-corrected chi connectivity index (χ2v) is 5.35. The van der Waals surface area contributed by atoms with Gasteiger partial charge in [-0.2, -0.15) is 0 Å². The molecule has 0 bridgehead atoms. The summed E-state index contributed by atoms with van der Waals surface area (Å²) in [6.07, 6.45) is 12.3. The van der Waals surface area contributed by atoms with Crippen molar-refractivity contribution in [2.45, 2.75) is 71.1 Å². The van der Waals surface area contributed by atoms with Gasteiger partial charge in [-0.15, -0.1) is 0 Å². The van der Waals surface area contributed by atoms with Crippen LogP contribution in [-0.4, -0.2) is 10.2 Å². The Morgan fingerprint density at radius 2 is 1.21 bits per heavy atom. The van der Waals surface area contributed by atoms with Crippen LogP contribution in [0.4, 0.5) is 0 Å². The van der Waals surface area contributed by atoms with E-state index >= 15 is 0 Å². The van der Waals surface area contributed by atoms with Crippen LogP contribution < -0.4 is 0 Å². The normalized spacial score (nSPS) is 10.8. The Kier molecular flexibility index (Phi) is 8.11. The molecule has 0 unspecified atom stereocenters. The zero-order chi connectivity index (χ0) is 13.9. The van der Waals surface area contributed by atoms with E-state index in [2.05, 4.69) is 6.92 Å². The summed E-state index contributed by atoms with van der Waals surface area (Å²) in [5.41, 5.74) is 0.699. The maximum atomic E-state index is 9.65. The summed E-state index contributed by atoms with van der Waals surface area (Å²) in [5.74, 6) is 0.444. The number of phenolic OH excluding ortho intramolecular Hbond substituents is 2. The molecule has 0 fully saturated rings. The summed E-state index contributed by atoms with van der Waals surface area (Å²) in [5, 5.41) is 19.3. The maximum absolute atomic E-state index is 9.65. The zero-order valence-electron chi connectivity index (χ0n) is 12.2. The lowest BCUT2D eigenvalue weighted by Crippen LogP contribution is -1.88. The number of benzene rings is 1. The summed E-state index contributed by atoms with van der Waals surface area (Å²) >= 11 is 0. The highest BCUT2D eigenvalue weighted by molar-refractivity contribution is 5.42. The fraction of sp³-hybridized carbons (Fsp3) is 0.647. The molecule has 0 radical (unpaired) electrons. The van der Waals surface area contributed by atoms with Gasteiger partial charge in [0.05, 0.1) is 0 Å². The molecule has 0 aliphatic heterocycles. The van der Waals surface area contributed by atoms with Gasteiger partial charge in [0.25, 0.3) is 0 Å². The highest BCUT2D eigenvalue weighted by Gasteiger charge is 2.05. The van der Waals surface area contributed by atoms with E-state index in [1.165, 1.54) is 51.4 Å². The van der Waals surface area contributed by atoms with Gasteiger partial charge >= 0.3 is 0 Å². The first kappa shape index (κ1) is 15.9. The van der Waals surface area contributed by atoms with Gasteiger partial charge in [-0.05, 0) is 25.0 Å². The molecule has 0 aliphatic carbocycles. The van der Waals surface area contributed by atoms with Crippen LogP contribution in [0.3, 0.4) is 0 Å². The van der Waals surface area contributed by atoms with Crippen LogP contribution in [0.1, 0.15) is 70.3 Å². The lowest BCUT2D eigenvalue weighted by atomic mass is 10.0. The van der Waals surface area contributed by atoms with Crippen LogP contribution in [0.5, 0.6) is 11.5 Å². The molecule has 108 valence electrons. The SMILES string of the molecule is CCCCCCCCCCCc1c(O)cccc1O. The van der Waals surface area contributed by atoms with Gasteiger partial charge in [-0.25, -0.2) is 0 Å². The molecule has 2 N–H and O–H groups in total. The molecule has 2 heteroatoms. The van der Waals surface area contributed by atoms with Gasteiger partial charge in [0, 0.05) is 5.56 Å². The number of hydrogen-bond donors (Lipinski definition) is 2. The van der Waals surface area contributed by atoms with E-state index in [1.54, 1.807) is 18.2 Å². The van der Waals surface area contributed by atoms with E-state index < -0.39 is 0 Å². The average molecular weight is 264 g/mol. The van der Waals surface area contributed by atoms with E-state index in [-0.39, 0.29) is 11.5 Å². The smallest absolute Gasteiger partial charge is 0.122 e. The number of aromatic hydroxyl groups is 2. The molecule has 0 heterocycles. The van der Waals surface area contributed by atoms with Crippen LogP contribution in [0.15, 0.2) is 18.2 Å². The Labute approximate surface area is 117 Å². The Hall–Kier alpha value is -1.18. The molecule has 0 atom stereocenters. The van der Waals surface area contributed by atoms with Crippen molar-refractivity contribution in [3.8, 4) is 11.5 Å². The summed E-state index contributed by atoms with van der Waals surface area (Å²) in [6, 6.07) is 4.95. The highest BCUT2D eigenvalue weighted by Crippen LogP contribution is 2.28. The molecular weight excluding hydrogens is 236 g/mol. The molecule has 0 saturated heterocycles. The van der Waals surface area contributed by atoms with Crippen LogP contribution in [-0.2, 0) is 6.42 Å². The molecule has 0 aromatic heterocycles. The molecule has 0 saturated carbocycles. The van der Waals surface area contributed by atoms with E-state index in [0.29, 0.717) is 5.56 Å². The predicted octanol–water partition coefficient (Wildman–Crippen LogP) is 5.17. The first-order valence-corrected chi connectivity index (χ1v) is 7.75. The van der Waals surface area contributed by atoms with Crippen molar-refractivity contribution in [3.05, 3.63) is 23.8 Å². The number of rotatable bonds is 10. The third-order valence-corrected chi connectivity index (χ3v) is 3.66. The Balaban J connectivity index is 2.05. The van der Waals surface area contributed by atoms with Gasteiger partial charge in [0.2, 0.25) is 0 Å². The van der Waals surface area contributed by atoms with Crippen molar-refractivity contribution in [1.82, 2.24) is 0 Å². The molecule has 2 nitrogen and oxygen atoms in total. The van der Waals surface area contributed by atoms with E-state index in [0.717, 1.165) is 12.8 Å². The first-order valence-electron chi connectivity index (χ1n) is 7.75. The first-order chi connectivity index (χ1) is 9.25. The summed E-state index contributed by atoms with van der Waals surface area (Å²) in [4.78, 5) is 0. The van der Waals surface area contributed by atoms with Gasteiger partial charge in [0.1, 0.15) is 11.5 Å². The van der Waals surface area contributed by atoms with E-state index in [4.69, 9.17) is 0 Å². The predicted molar refractivity (Wildman–Crippen MR) is 80.7 cm³/mol. The third kappa shape index (κ3) is 6.51. The van der Waals surface area contributed by atoms with Gasteiger partial charge in [-0.1, -0.05) is 64.4 Å². The molecule has 19 heavy (non-hydrogen) atoms. The van der Waals surface area contributed by atoms with Crippen molar-refractivity contribution in [3.63, 3.8) is 0 Å². The lowest BCUT2D eigenvalue weighted by molar-refractivity contribution is 0.435. The Morgan fingerprint density at radius 3 is 1.74 bits per heavy atom. The average Bonchev–Trinajstić information content (AvgIpc) is 2.40. The molecule has 0 amide bonds. The van der Waals surface area contributed by atoms with Crippen molar-refractivity contribution >= 4 is 0 Å². The van der Waals surface area contributed by atoms with Crippen LogP contribution in [0.2, 0.25) is 0 Å². The molecular formula is C17H28O2. The summed E-state index contributed by atoms with van der Waals surface area (Å²) in [6.45, 7) is 2.24. The minimum absolute atomic E-state index is 0.222. The molecule has 1 aromatic rings. The number of unbranched alkanes of at least 4 members (excludes halogenated alkanes) is 8. The molecule has 1 aromatic carbocycles. The second-order valence-electron chi connectivity index (χ2n) is 5.35. The molecule has 0 aliphatic rings. The van der Waals surface area contributed by atoms with Gasteiger partial charge < -0.3 is 10.2 Å². The van der Waals surface area contributed by atoms with E-state index in [1.807, 2.05) is 0 Å². The minimum atomic E-state index is 0.222. The number of phenols is 2. The largest absolute Gasteiger partial charge is 0.508 e. The van der Waals surface area contributed by atoms with Crippen molar-refractivity contribution in [2.24, 2.45) is 0 Å². The fourth-order valence-electron chi connectivity index (χ4n) is 2.43. The van der Waals surface area contributed by atoms with Crippen molar-refractivity contribution in [2.75, 3.05) is 0 Å². The Bertz CT molecular complexity index is 327. The van der Waals surface area contributed by atoms with Crippen LogP contribution in [0, 0.1) is 0 Å². The lowest BCUT2D eigenvalue weighted by Gasteiger charge is -2.07. The monoisotopic (exact) mass is 264 g/mol. The molecule has 0 spiro atoms. The second kappa shape index (κ2) is 9.71. The highest BCUT2D eigenvalue weighted by atomic mass is 16.3. The van der Waals surface area contributed by atoms with E-state index in [9.17, 15) is 10.2 Å². The fourth-order valence-corrected chi connectivity index (χ4v) is 2.43. The standard InChI is InChI=1S/C17H28O2/c1-2-3-4-5-6-7-8-9-10-12-15-16(18)13-11-14-17(15)19/h11,13-14,18-19H,2-10,12H2,1H3. The molecule has 1 rings (SSSR count). The topological polar surface area (TPSA) is 40.5 Å². The summed E-state index contributed by atoms with van der Waals surface area (Å²) in [7, 11) is 0. The minimum Gasteiger partial charge on any atom is -0.508 e. The third-order valence-electron chi connectivity index (χ3n) is 3.66. The zero-order valence-corrected chi connectivity index (χ0v) is 12.2. The van der Waals surface area contributed by atoms with Crippen molar-refractivity contribution < 1.29 is 10.2 Å². The maximum Gasteiger partial charge on any atom is 0.122 e. The van der Waals surface area contributed by atoms with Crippen LogP contribution in [0.25, 0.3) is 0 Å². The quantitative estimate of drug-likeness (QED) is 0.572. The van der Waals surface area contributed by atoms with Crippen LogP contribution >= 0.6 is 0 Å². The Morgan fingerprint density at radius 1 is 0.737 bits per heavy atom. The summed E-state index contributed by atoms with van der Waals surface area (Å²) < 4.78 is 0. The number of hydrogen-bond acceptors (Lipinski definition) is 2. The van der Waals surface area contributed by atoms with Gasteiger partial charge in [-0.3, -0.25) is 0 Å². The van der Waals surface area contributed by atoms with Gasteiger partial charge in [0.15, 0.2) is 0 Å². The van der Waals surface area contributed by atoms with Crippen molar-refractivity contribution in [1.29, 1.82) is 0 Å².